The number of hydrogen-bond donors (Lipinski definition) is 2. The van der Waals surface area contributed by atoms with Crippen LogP contribution in [0, 0.1) is 12.8 Å². The van der Waals surface area contributed by atoms with Crippen LogP contribution in [0.5, 0.6) is 11.6 Å². The van der Waals surface area contributed by atoms with Crippen molar-refractivity contribution in [3.05, 3.63) is 40.9 Å². The zero-order valence-corrected chi connectivity index (χ0v) is 31.7. The maximum Gasteiger partial charge on any atom is 0.320 e. The molecule has 52 heavy (non-hydrogen) atoms. The summed E-state index contributed by atoms with van der Waals surface area (Å²) in [6.45, 7) is 6.64. The average molecular weight is 752 g/mol. The molecular weight excluding hydrogens is 707 g/mol. The first-order valence-electron chi connectivity index (χ1n) is 17.9. The standard InChI is InChI=1S/C36H45N7O7S2/c1-20(2)26-19-51-33(37-26)30-38-29-21(3)28(49-5)14-13-25(29)32(39-30)50-23-16-27-31(44)40-36(34(45)41-52(47,48)24-11-12-24)17-22(36)10-8-6-7-9-15-42(4)35(46)43(27)18-23/h8,10,13-14,19-20,22-24,27H,6-7,9,11-12,15-18H2,1-5H3,(H,40,44)(H,41,45)/b10-8-/t22-,23?,27+,36?/m1/s1. The van der Waals surface area contributed by atoms with Gasteiger partial charge in [0.2, 0.25) is 21.8 Å². The zero-order valence-electron chi connectivity index (χ0n) is 30.0. The van der Waals surface area contributed by atoms with Gasteiger partial charge in [-0.1, -0.05) is 26.0 Å². The van der Waals surface area contributed by atoms with Crippen molar-refractivity contribution in [2.75, 3.05) is 27.2 Å². The number of aromatic nitrogens is 3. The normalized spacial score (nSPS) is 26.0. The summed E-state index contributed by atoms with van der Waals surface area (Å²) in [4.78, 5) is 59.3. The highest BCUT2D eigenvalue weighted by atomic mass is 32.2. The lowest BCUT2D eigenvalue weighted by Crippen LogP contribution is -2.57. The van der Waals surface area contributed by atoms with Crippen molar-refractivity contribution in [3.8, 4) is 22.5 Å². The number of carbonyl (C=O) groups excluding carboxylic acids is 3. The molecule has 4 aliphatic rings. The summed E-state index contributed by atoms with van der Waals surface area (Å²) in [6, 6.07) is 2.33. The van der Waals surface area contributed by atoms with Gasteiger partial charge < -0.3 is 24.6 Å². The molecule has 1 saturated heterocycles. The van der Waals surface area contributed by atoms with Gasteiger partial charge in [0.25, 0.3) is 5.91 Å². The van der Waals surface area contributed by atoms with Crippen LogP contribution in [0.4, 0.5) is 4.79 Å². The van der Waals surface area contributed by atoms with Crippen LogP contribution < -0.4 is 19.5 Å². The third-order valence-electron chi connectivity index (χ3n) is 10.4. The summed E-state index contributed by atoms with van der Waals surface area (Å²) in [7, 11) is -0.537. The molecule has 2 aliphatic heterocycles. The van der Waals surface area contributed by atoms with E-state index >= 15 is 0 Å². The smallest absolute Gasteiger partial charge is 0.320 e. The van der Waals surface area contributed by atoms with Gasteiger partial charge >= 0.3 is 6.03 Å². The van der Waals surface area contributed by atoms with Crippen molar-refractivity contribution in [2.45, 2.75) is 94.6 Å². The number of rotatable bonds is 8. The fourth-order valence-electron chi connectivity index (χ4n) is 7.00. The van der Waals surface area contributed by atoms with Crippen LogP contribution in [-0.2, 0) is 19.6 Å². The van der Waals surface area contributed by atoms with Gasteiger partial charge in [-0.15, -0.1) is 11.3 Å². The van der Waals surface area contributed by atoms with E-state index in [1.54, 1.807) is 19.1 Å². The van der Waals surface area contributed by atoms with Gasteiger partial charge in [-0.25, -0.2) is 23.2 Å². The lowest BCUT2D eigenvalue weighted by Gasteiger charge is -2.30. The maximum atomic E-state index is 14.2. The summed E-state index contributed by atoms with van der Waals surface area (Å²) in [5, 5.41) is 5.58. The third kappa shape index (κ3) is 6.94. The molecular formula is C36H45N7O7S2. The fraction of sp³-hybridized carbons (Fsp3) is 0.556. The molecule has 0 bridgehead atoms. The van der Waals surface area contributed by atoms with Gasteiger partial charge in [-0.2, -0.15) is 4.98 Å². The number of allylic oxidation sites excluding steroid dienone is 1. The Bertz CT molecular complexity index is 2050. The summed E-state index contributed by atoms with van der Waals surface area (Å²) in [6.07, 6.45) is 6.89. The van der Waals surface area contributed by atoms with Crippen LogP contribution in [0.3, 0.4) is 0 Å². The van der Waals surface area contributed by atoms with Gasteiger partial charge in [0.15, 0.2) is 10.8 Å². The minimum atomic E-state index is -3.84. The molecule has 0 spiro atoms. The monoisotopic (exact) mass is 751 g/mol. The molecule has 7 rings (SSSR count). The van der Waals surface area contributed by atoms with Crippen molar-refractivity contribution < 1.29 is 32.3 Å². The molecule has 0 radical (unpaired) electrons. The average Bonchev–Trinajstić information content (AvgIpc) is 3.98. The van der Waals surface area contributed by atoms with Crippen molar-refractivity contribution in [3.63, 3.8) is 0 Å². The Balaban J connectivity index is 1.21. The minimum Gasteiger partial charge on any atom is -0.496 e. The number of hydrogen-bond acceptors (Lipinski definition) is 11. The molecule has 4 heterocycles. The third-order valence-corrected chi connectivity index (χ3v) is 13.1. The number of sulfonamides is 1. The van der Waals surface area contributed by atoms with Crippen molar-refractivity contribution in [1.82, 2.24) is 34.8 Å². The molecule has 2 aromatic heterocycles. The molecule has 4 amide bonds. The highest BCUT2D eigenvalue weighted by Crippen LogP contribution is 2.46. The number of thiazole rings is 1. The number of methoxy groups -OCH3 is 1. The number of benzene rings is 1. The van der Waals surface area contributed by atoms with Crippen LogP contribution >= 0.6 is 11.3 Å². The Morgan fingerprint density at radius 2 is 1.94 bits per heavy atom. The molecule has 2 N–H and O–H groups in total. The van der Waals surface area contributed by atoms with E-state index in [1.807, 2.05) is 36.6 Å². The quantitative estimate of drug-likeness (QED) is 0.316. The van der Waals surface area contributed by atoms with Gasteiger partial charge in [-0.05, 0) is 63.5 Å². The summed E-state index contributed by atoms with van der Waals surface area (Å²) in [5.41, 5.74) is 0.926. The largest absolute Gasteiger partial charge is 0.496 e. The van der Waals surface area contributed by atoms with Crippen LogP contribution in [0.1, 0.15) is 76.0 Å². The number of aryl methyl sites for hydroxylation is 1. The number of urea groups is 1. The van der Waals surface area contributed by atoms with E-state index in [2.05, 4.69) is 23.9 Å². The lowest BCUT2D eigenvalue weighted by molar-refractivity contribution is -0.131. The van der Waals surface area contributed by atoms with E-state index in [0.29, 0.717) is 52.8 Å². The van der Waals surface area contributed by atoms with Crippen molar-refractivity contribution in [2.24, 2.45) is 5.92 Å². The molecule has 2 saturated carbocycles. The summed E-state index contributed by atoms with van der Waals surface area (Å²) < 4.78 is 40.0. The van der Waals surface area contributed by atoms with Crippen LogP contribution in [0.25, 0.3) is 21.7 Å². The Kier molecular flexibility index (Phi) is 9.65. The molecule has 16 heteroatoms. The Morgan fingerprint density at radius 1 is 1.15 bits per heavy atom. The Morgan fingerprint density at radius 3 is 2.65 bits per heavy atom. The number of nitrogens with one attached hydrogen (secondary N) is 2. The maximum absolute atomic E-state index is 14.2. The SMILES string of the molecule is COc1ccc2c(OC3C[C@H]4C(=O)NC5(C(=O)NS(=O)(=O)C6CC6)C[C@H]5/C=C\CCCCN(C)C(=O)N4C3)nc(-c3nc(C(C)C)cs3)nc2c1C. The number of fused-ring (bicyclic) bond motifs is 3. The van der Waals surface area contributed by atoms with E-state index in [-0.39, 0.29) is 37.3 Å². The number of ether oxygens (including phenoxy) is 2. The molecule has 2 aliphatic carbocycles. The predicted molar refractivity (Wildman–Crippen MR) is 196 cm³/mol. The molecule has 3 fully saturated rings. The van der Waals surface area contributed by atoms with E-state index in [1.165, 1.54) is 16.2 Å². The molecule has 278 valence electrons. The first-order valence-corrected chi connectivity index (χ1v) is 20.3. The number of amides is 4. The van der Waals surface area contributed by atoms with Gasteiger partial charge in [0.1, 0.15) is 23.4 Å². The zero-order chi connectivity index (χ0) is 36.9. The molecule has 14 nitrogen and oxygen atoms in total. The first kappa shape index (κ1) is 36.1. The molecule has 2 unspecified atom stereocenters. The van der Waals surface area contributed by atoms with Crippen molar-refractivity contribution >= 4 is 50.1 Å². The summed E-state index contributed by atoms with van der Waals surface area (Å²) >= 11 is 1.44. The van der Waals surface area contributed by atoms with Gasteiger partial charge in [-0.3, -0.25) is 14.3 Å². The Hall–Kier alpha value is -4.31. The first-order chi connectivity index (χ1) is 24.8. The number of nitrogens with zero attached hydrogens (tertiary/aromatic N) is 5. The van der Waals surface area contributed by atoms with Gasteiger partial charge in [0, 0.05) is 36.9 Å². The van der Waals surface area contributed by atoms with Crippen LogP contribution in [-0.4, -0.2) is 101 Å². The lowest BCUT2D eigenvalue weighted by atomic mass is 10.1. The highest BCUT2D eigenvalue weighted by molar-refractivity contribution is 7.91. The van der Waals surface area contributed by atoms with E-state index in [9.17, 15) is 22.8 Å². The molecule has 4 atom stereocenters. The van der Waals surface area contributed by atoms with E-state index < -0.39 is 44.8 Å². The van der Waals surface area contributed by atoms with Crippen LogP contribution in [0.2, 0.25) is 0 Å². The topological polar surface area (TPSA) is 173 Å². The predicted octanol–water partition coefficient (Wildman–Crippen LogP) is 4.29. The number of carbonyl (C=O) groups is 3. The fourth-order valence-corrected chi connectivity index (χ4v) is 9.28. The van der Waals surface area contributed by atoms with Crippen molar-refractivity contribution in [1.29, 1.82) is 0 Å². The second-order valence-electron chi connectivity index (χ2n) is 14.6. The minimum absolute atomic E-state index is 0.0879. The van der Waals surface area contributed by atoms with E-state index in [4.69, 9.17) is 24.4 Å². The molecule has 1 aromatic carbocycles. The van der Waals surface area contributed by atoms with Crippen LogP contribution in [0.15, 0.2) is 29.7 Å². The highest BCUT2D eigenvalue weighted by Gasteiger charge is 2.62. The summed E-state index contributed by atoms with van der Waals surface area (Å²) in [5.74, 6) is -0.105. The van der Waals surface area contributed by atoms with Gasteiger partial charge in [0.05, 0.1) is 35.5 Å². The Labute approximate surface area is 307 Å². The molecule has 3 aromatic rings. The second kappa shape index (κ2) is 13.9. The second-order valence-corrected chi connectivity index (χ2v) is 17.4. The van der Waals surface area contributed by atoms with E-state index in [0.717, 1.165) is 30.5 Å².